The average Bonchev–Trinajstić information content (AvgIpc) is 3.30. The summed E-state index contributed by atoms with van der Waals surface area (Å²) in [7, 11) is 0. The fourth-order valence-corrected chi connectivity index (χ4v) is 4.36. The molecule has 28 heavy (non-hydrogen) atoms. The lowest BCUT2D eigenvalue weighted by Gasteiger charge is -2.32. The third kappa shape index (κ3) is 4.53. The van der Waals surface area contributed by atoms with Crippen molar-refractivity contribution in [1.29, 1.82) is 0 Å². The van der Waals surface area contributed by atoms with Crippen LogP contribution in [0, 0.1) is 0 Å². The highest BCUT2D eigenvalue weighted by atomic mass is 16.2. The molecule has 0 spiro atoms. The van der Waals surface area contributed by atoms with Crippen molar-refractivity contribution in [1.82, 2.24) is 14.8 Å². The second-order valence-electron chi connectivity index (χ2n) is 7.85. The van der Waals surface area contributed by atoms with E-state index in [0.717, 1.165) is 57.9 Å². The fourth-order valence-electron chi connectivity index (χ4n) is 4.36. The van der Waals surface area contributed by atoms with Gasteiger partial charge in [-0.25, -0.2) is 4.98 Å². The molecule has 5 heteroatoms. The lowest BCUT2D eigenvalue weighted by atomic mass is 9.89. The molecule has 2 aliphatic heterocycles. The second-order valence-corrected chi connectivity index (χ2v) is 7.85. The molecule has 1 amide bonds. The van der Waals surface area contributed by atoms with E-state index in [2.05, 4.69) is 45.5 Å². The van der Waals surface area contributed by atoms with Crippen LogP contribution in [0.4, 0.5) is 5.82 Å². The number of carbonyl (C=O) groups is 1. The van der Waals surface area contributed by atoms with Gasteiger partial charge in [0.1, 0.15) is 5.82 Å². The summed E-state index contributed by atoms with van der Waals surface area (Å²) in [6.45, 7) is 5.78. The molecule has 0 bridgehead atoms. The summed E-state index contributed by atoms with van der Waals surface area (Å²) in [6.07, 6.45) is 6.40. The molecule has 1 aromatic heterocycles. The topological polar surface area (TPSA) is 48.5 Å². The van der Waals surface area contributed by atoms with E-state index in [0.29, 0.717) is 11.5 Å². The Bertz CT molecular complexity index is 765. The van der Waals surface area contributed by atoms with Crippen molar-refractivity contribution in [2.75, 3.05) is 44.6 Å². The normalized spacial score (nSPS) is 18.4. The summed E-state index contributed by atoms with van der Waals surface area (Å²) in [5.74, 6) is 1.52. The van der Waals surface area contributed by atoms with Crippen LogP contribution in [0.15, 0.2) is 48.7 Å². The molecule has 2 saturated heterocycles. The molecule has 0 saturated carbocycles. The van der Waals surface area contributed by atoms with Gasteiger partial charge in [0.2, 0.25) is 0 Å². The number of hydrogen-bond acceptors (Lipinski definition) is 4. The van der Waals surface area contributed by atoms with Crippen molar-refractivity contribution < 1.29 is 4.79 Å². The molecule has 0 atom stereocenters. The zero-order valence-corrected chi connectivity index (χ0v) is 16.5. The Balaban J connectivity index is 1.26. The molecule has 2 aromatic rings. The minimum atomic E-state index is 0.108. The molecule has 4 rings (SSSR count). The molecular weight excluding hydrogens is 348 g/mol. The molecule has 2 fully saturated rings. The summed E-state index contributed by atoms with van der Waals surface area (Å²) in [5, 5.41) is 3.41. The number of carbonyl (C=O) groups excluding carboxylic acids is 1. The van der Waals surface area contributed by atoms with E-state index >= 15 is 0 Å². The number of nitrogens with one attached hydrogen (secondary N) is 1. The highest BCUT2D eigenvalue weighted by Gasteiger charge is 2.23. The lowest BCUT2D eigenvalue weighted by Crippen LogP contribution is -2.36. The Morgan fingerprint density at radius 2 is 1.75 bits per heavy atom. The van der Waals surface area contributed by atoms with E-state index in [1.54, 1.807) is 6.20 Å². The Labute approximate surface area is 167 Å². The SMILES string of the molecule is O=C(c1cccnc1NCCN1CCC(c2ccccc2)CC1)N1CCCC1. The zero-order valence-electron chi connectivity index (χ0n) is 16.5. The van der Waals surface area contributed by atoms with Crippen molar-refractivity contribution >= 4 is 11.7 Å². The number of nitrogens with zero attached hydrogens (tertiary/aromatic N) is 3. The number of likely N-dealkylation sites (tertiary alicyclic amines) is 2. The minimum Gasteiger partial charge on any atom is -0.368 e. The van der Waals surface area contributed by atoms with Crippen LogP contribution in [0.25, 0.3) is 0 Å². The van der Waals surface area contributed by atoms with Crippen molar-refractivity contribution in [2.24, 2.45) is 0 Å². The maximum absolute atomic E-state index is 12.7. The maximum atomic E-state index is 12.7. The molecule has 148 valence electrons. The highest BCUT2D eigenvalue weighted by molar-refractivity contribution is 5.98. The molecule has 2 aliphatic rings. The Morgan fingerprint density at radius 3 is 2.50 bits per heavy atom. The van der Waals surface area contributed by atoms with E-state index in [4.69, 9.17) is 0 Å². The van der Waals surface area contributed by atoms with Crippen LogP contribution >= 0.6 is 0 Å². The summed E-state index contributed by atoms with van der Waals surface area (Å²) in [5.41, 5.74) is 2.17. The van der Waals surface area contributed by atoms with Gasteiger partial charge in [0.15, 0.2) is 0 Å². The lowest BCUT2D eigenvalue weighted by molar-refractivity contribution is 0.0793. The summed E-state index contributed by atoms with van der Waals surface area (Å²) < 4.78 is 0. The Kier molecular flexibility index (Phi) is 6.22. The minimum absolute atomic E-state index is 0.108. The number of pyridine rings is 1. The van der Waals surface area contributed by atoms with Gasteiger partial charge in [-0.2, -0.15) is 0 Å². The zero-order chi connectivity index (χ0) is 19.2. The first-order chi connectivity index (χ1) is 13.8. The van der Waals surface area contributed by atoms with Crippen molar-refractivity contribution in [2.45, 2.75) is 31.6 Å². The van der Waals surface area contributed by atoms with Crippen LogP contribution < -0.4 is 5.32 Å². The van der Waals surface area contributed by atoms with Gasteiger partial charge in [0.25, 0.3) is 5.91 Å². The number of amides is 1. The molecule has 1 N–H and O–H groups in total. The third-order valence-electron chi connectivity index (χ3n) is 6.01. The molecule has 0 radical (unpaired) electrons. The Morgan fingerprint density at radius 1 is 1.00 bits per heavy atom. The average molecular weight is 379 g/mol. The van der Waals surface area contributed by atoms with Gasteiger partial charge >= 0.3 is 0 Å². The first kappa shape index (κ1) is 18.9. The van der Waals surface area contributed by atoms with Gasteiger partial charge in [0, 0.05) is 32.4 Å². The van der Waals surface area contributed by atoms with Gasteiger partial charge < -0.3 is 15.1 Å². The predicted octanol–water partition coefficient (Wildman–Crippen LogP) is 3.61. The van der Waals surface area contributed by atoms with Gasteiger partial charge in [-0.3, -0.25) is 4.79 Å². The summed E-state index contributed by atoms with van der Waals surface area (Å²) in [4.78, 5) is 21.6. The molecule has 0 unspecified atom stereocenters. The molecule has 0 aliphatic carbocycles. The van der Waals surface area contributed by atoms with Gasteiger partial charge in [0.05, 0.1) is 5.56 Å². The summed E-state index contributed by atoms with van der Waals surface area (Å²) in [6, 6.07) is 14.6. The van der Waals surface area contributed by atoms with E-state index in [1.807, 2.05) is 17.0 Å². The first-order valence-electron chi connectivity index (χ1n) is 10.6. The van der Waals surface area contributed by atoms with Crippen LogP contribution in [0.2, 0.25) is 0 Å². The number of hydrogen-bond donors (Lipinski definition) is 1. The van der Waals surface area contributed by atoms with Crippen LogP contribution in [0.5, 0.6) is 0 Å². The smallest absolute Gasteiger partial charge is 0.257 e. The third-order valence-corrected chi connectivity index (χ3v) is 6.01. The van der Waals surface area contributed by atoms with E-state index in [-0.39, 0.29) is 5.91 Å². The number of piperidine rings is 1. The Hall–Kier alpha value is -2.40. The predicted molar refractivity (Wildman–Crippen MR) is 113 cm³/mol. The molecule has 5 nitrogen and oxygen atoms in total. The fraction of sp³-hybridized carbons (Fsp3) is 0.478. The first-order valence-corrected chi connectivity index (χ1v) is 10.6. The molecule has 1 aromatic carbocycles. The van der Waals surface area contributed by atoms with Crippen molar-refractivity contribution in [3.05, 3.63) is 59.8 Å². The van der Waals surface area contributed by atoms with E-state index in [1.165, 1.54) is 18.4 Å². The largest absolute Gasteiger partial charge is 0.368 e. The number of anilines is 1. The van der Waals surface area contributed by atoms with Gasteiger partial charge in [-0.15, -0.1) is 0 Å². The quantitative estimate of drug-likeness (QED) is 0.834. The van der Waals surface area contributed by atoms with Crippen LogP contribution in [-0.2, 0) is 0 Å². The van der Waals surface area contributed by atoms with Crippen molar-refractivity contribution in [3.8, 4) is 0 Å². The number of benzene rings is 1. The van der Waals surface area contributed by atoms with Crippen LogP contribution in [0.1, 0.15) is 47.5 Å². The standard InChI is InChI=1S/C23H30N4O/c28-23(27-14-4-5-15-27)21-9-6-12-24-22(21)25-13-18-26-16-10-20(11-17-26)19-7-2-1-3-8-19/h1-3,6-9,12,20H,4-5,10-11,13-18H2,(H,24,25). The number of aromatic nitrogens is 1. The van der Waals surface area contributed by atoms with E-state index < -0.39 is 0 Å². The summed E-state index contributed by atoms with van der Waals surface area (Å²) >= 11 is 0. The molecule has 3 heterocycles. The monoisotopic (exact) mass is 378 g/mol. The van der Waals surface area contributed by atoms with E-state index in [9.17, 15) is 4.79 Å². The van der Waals surface area contributed by atoms with Crippen LogP contribution in [-0.4, -0.2) is 60.0 Å². The van der Waals surface area contributed by atoms with Crippen LogP contribution in [0.3, 0.4) is 0 Å². The maximum Gasteiger partial charge on any atom is 0.257 e. The highest BCUT2D eigenvalue weighted by Crippen LogP contribution is 2.27. The second kappa shape index (κ2) is 9.20. The van der Waals surface area contributed by atoms with Gasteiger partial charge in [-0.1, -0.05) is 30.3 Å². The molecular formula is C23H30N4O. The number of rotatable bonds is 6. The van der Waals surface area contributed by atoms with Gasteiger partial charge in [-0.05, 0) is 62.4 Å². The van der Waals surface area contributed by atoms with Crippen molar-refractivity contribution in [3.63, 3.8) is 0 Å².